The number of aromatic nitrogens is 4. The van der Waals surface area contributed by atoms with Crippen molar-refractivity contribution in [3.63, 3.8) is 0 Å². The molecule has 1 aromatic carbocycles. The van der Waals surface area contributed by atoms with Crippen LogP contribution in [0.1, 0.15) is 61.1 Å². The van der Waals surface area contributed by atoms with Crippen LogP contribution in [0.4, 0.5) is 5.69 Å². The molecule has 4 rings (SSSR count). The molecule has 0 bridgehead atoms. The number of carbonyl (C=O) groups excluding carboxylic acids is 1. The maximum Gasteiger partial charge on any atom is 0.277 e. The molecular formula is C20H23N5O2. The van der Waals surface area contributed by atoms with E-state index in [2.05, 4.69) is 25.1 Å². The Kier molecular flexibility index (Phi) is 4.75. The fraction of sp³-hybridized carbons (Fsp3) is 0.400. The van der Waals surface area contributed by atoms with E-state index >= 15 is 0 Å². The lowest BCUT2D eigenvalue weighted by Gasteiger charge is -2.09. The molecule has 3 aromatic rings. The molecule has 1 aliphatic rings. The van der Waals surface area contributed by atoms with Gasteiger partial charge in [-0.1, -0.05) is 32.4 Å². The number of hydrogen-bond acceptors (Lipinski definition) is 5. The van der Waals surface area contributed by atoms with Gasteiger partial charge in [-0.15, -0.1) is 10.2 Å². The summed E-state index contributed by atoms with van der Waals surface area (Å²) < 4.78 is 7.54. The molecule has 0 fully saturated rings. The Morgan fingerprint density at radius 1 is 1.22 bits per heavy atom. The molecule has 1 aliphatic heterocycles. The highest BCUT2D eigenvalue weighted by Gasteiger charge is 2.20. The number of amides is 1. The average Bonchev–Trinajstić information content (AvgIpc) is 3.24. The van der Waals surface area contributed by atoms with Crippen LogP contribution in [0.2, 0.25) is 0 Å². The Balaban J connectivity index is 1.59. The van der Waals surface area contributed by atoms with Gasteiger partial charge in [0.2, 0.25) is 0 Å². The Hall–Kier alpha value is -2.96. The first kappa shape index (κ1) is 17.5. The molecule has 1 amide bonds. The van der Waals surface area contributed by atoms with Gasteiger partial charge in [0.25, 0.3) is 5.91 Å². The highest BCUT2D eigenvalue weighted by atomic mass is 16.3. The quantitative estimate of drug-likeness (QED) is 0.754. The van der Waals surface area contributed by atoms with Crippen LogP contribution in [0.3, 0.4) is 0 Å². The standard InChI is InChI=1S/C20H23N5O2/c1-13(2)18-17(21-12-27-18)20(26)22-15-8-6-7-14(11-15)19-24-23-16-9-4-3-5-10-25(16)19/h6-8,11-13H,3-5,9-10H2,1-2H3,(H,22,26). The number of carbonyl (C=O) groups is 1. The number of nitrogens with one attached hydrogen (secondary N) is 1. The SMILES string of the molecule is CC(C)c1ocnc1C(=O)Nc1cccc(-c2nnc3n2CCCCC3)c1. The number of anilines is 1. The van der Waals surface area contributed by atoms with Crippen molar-refractivity contribution in [2.24, 2.45) is 0 Å². The van der Waals surface area contributed by atoms with Gasteiger partial charge in [-0.25, -0.2) is 4.98 Å². The van der Waals surface area contributed by atoms with E-state index in [-0.39, 0.29) is 11.8 Å². The number of oxazole rings is 1. The number of rotatable bonds is 4. The molecule has 0 saturated heterocycles. The van der Waals surface area contributed by atoms with E-state index in [9.17, 15) is 4.79 Å². The van der Waals surface area contributed by atoms with E-state index in [0.717, 1.165) is 43.0 Å². The molecule has 1 N–H and O–H groups in total. The lowest BCUT2D eigenvalue weighted by molar-refractivity contribution is 0.102. The Bertz CT molecular complexity index is 957. The first-order valence-electron chi connectivity index (χ1n) is 9.40. The Labute approximate surface area is 157 Å². The number of nitrogens with zero attached hydrogens (tertiary/aromatic N) is 4. The van der Waals surface area contributed by atoms with Crippen molar-refractivity contribution in [1.82, 2.24) is 19.7 Å². The maximum atomic E-state index is 12.6. The molecule has 7 nitrogen and oxygen atoms in total. The van der Waals surface area contributed by atoms with Crippen LogP contribution in [0.15, 0.2) is 35.1 Å². The minimum atomic E-state index is -0.273. The average molecular weight is 365 g/mol. The van der Waals surface area contributed by atoms with Crippen LogP contribution in [-0.2, 0) is 13.0 Å². The van der Waals surface area contributed by atoms with Gasteiger partial charge in [0.05, 0.1) is 0 Å². The van der Waals surface area contributed by atoms with Crippen molar-refractivity contribution in [3.05, 3.63) is 47.9 Å². The lowest BCUT2D eigenvalue weighted by Crippen LogP contribution is -2.14. The molecule has 7 heteroatoms. The number of benzene rings is 1. The minimum absolute atomic E-state index is 0.0889. The van der Waals surface area contributed by atoms with Crippen molar-refractivity contribution in [1.29, 1.82) is 0 Å². The van der Waals surface area contributed by atoms with Gasteiger partial charge in [0, 0.05) is 30.1 Å². The molecule has 0 unspecified atom stereocenters. The molecule has 27 heavy (non-hydrogen) atoms. The van der Waals surface area contributed by atoms with E-state index in [1.807, 2.05) is 38.1 Å². The minimum Gasteiger partial charge on any atom is -0.447 e. The van der Waals surface area contributed by atoms with E-state index < -0.39 is 0 Å². The van der Waals surface area contributed by atoms with Crippen molar-refractivity contribution >= 4 is 11.6 Å². The maximum absolute atomic E-state index is 12.6. The predicted molar refractivity (Wildman–Crippen MR) is 102 cm³/mol. The zero-order chi connectivity index (χ0) is 18.8. The summed E-state index contributed by atoms with van der Waals surface area (Å²) in [4.78, 5) is 16.7. The van der Waals surface area contributed by atoms with Crippen LogP contribution >= 0.6 is 0 Å². The Morgan fingerprint density at radius 2 is 2.11 bits per heavy atom. The summed E-state index contributed by atoms with van der Waals surface area (Å²) in [7, 11) is 0. The van der Waals surface area contributed by atoms with Gasteiger partial charge in [-0.2, -0.15) is 0 Å². The largest absolute Gasteiger partial charge is 0.447 e. The van der Waals surface area contributed by atoms with Gasteiger partial charge in [-0.3, -0.25) is 4.79 Å². The van der Waals surface area contributed by atoms with Crippen LogP contribution in [0.5, 0.6) is 0 Å². The van der Waals surface area contributed by atoms with Crippen LogP contribution in [0.25, 0.3) is 11.4 Å². The lowest BCUT2D eigenvalue weighted by atomic mass is 10.1. The van der Waals surface area contributed by atoms with Gasteiger partial charge in [0.15, 0.2) is 17.9 Å². The van der Waals surface area contributed by atoms with Crippen LogP contribution in [0, 0.1) is 0 Å². The topological polar surface area (TPSA) is 85.8 Å². The van der Waals surface area contributed by atoms with Gasteiger partial charge < -0.3 is 14.3 Å². The zero-order valence-electron chi connectivity index (χ0n) is 15.6. The van der Waals surface area contributed by atoms with E-state index in [1.165, 1.54) is 12.8 Å². The summed E-state index contributed by atoms with van der Waals surface area (Å²) in [5.41, 5.74) is 1.96. The van der Waals surface area contributed by atoms with Crippen LogP contribution < -0.4 is 5.32 Å². The highest BCUT2D eigenvalue weighted by Crippen LogP contribution is 2.25. The fourth-order valence-electron chi connectivity index (χ4n) is 3.46. The van der Waals surface area contributed by atoms with Crippen molar-refractivity contribution in [3.8, 4) is 11.4 Å². The predicted octanol–water partition coefficient (Wildman–Crippen LogP) is 4.04. The second-order valence-corrected chi connectivity index (χ2v) is 7.16. The molecule has 2 aromatic heterocycles. The van der Waals surface area contributed by atoms with Crippen molar-refractivity contribution in [2.75, 3.05) is 5.32 Å². The second kappa shape index (κ2) is 7.34. The fourth-order valence-corrected chi connectivity index (χ4v) is 3.46. The van der Waals surface area contributed by atoms with Crippen molar-refractivity contribution in [2.45, 2.75) is 52.0 Å². The summed E-state index contributed by atoms with van der Waals surface area (Å²) in [6.07, 6.45) is 5.79. The Morgan fingerprint density at radius 3 is 2.96 bits per heavy atom. The third kappa shape index (κ3) is 3.49. The number of fused-ring (bicyclic) bond motifs is 1. The summed E-state index contributed by atoms with van der Waals surface area (Å²) >= 11 is 0. The van der Waals surface area contributed by atoms with Gasteiger partial charge >= 0.3 is 0 Å². The summed E-state index contributed by atoms with van der Waals surface area (Å²) in [6.45, 7) is 4.87. The van der Waals surface area contributed by atoms with Gasteiger partial charge in [0.1, 0.15) is 11.6 Å². The van der Waals surface area contributed by atoms with E-state index in [4.69, 9.17) is 4.42 Å². The highest BCUT2D eigenvalue weighted by molar-refractivity contribution is 6.03. The zero-order valence-corrected chi connectivity index (χ0v) is 15.6. The molecule has 0 aliphatic carbocycles. The monoisotopic (exact) mass is 365 g/mol. The molecule has 140 valence electrons. The van der Waals surface area contributed by atoms with Gasteiger partial charge in [-0.05, 0) is 25.0 Å². The summed E-state index contributed by atoms with van der Waals surface area (Å²) in [6, 6.07) is 7.69. The summed E-state index contributed by atoms with van der Waals surface area (Å²) in [5.74, 6) is 2.30. The van der Waals surface area contributed by atoms with E-state index in [0.29, 0.717) is 17.1 Å². The molecule has 0 atom stereocenters. The first-order chi connectivity index (χ1) is 13.1. The molecule has 0 spiro atoms. The third-order valence-electron chi connectivity index (χ3n) is 4.82. The normalized spacial score (nSPS) is 14.0. The second-order valence-electron chi connectivity index (χ2n) is 7.16. The number of hydrogen-bond donors (Lipinski definition) is 1. The molecule has 0 radical (unpaired) electrons. The number of aryl methyl sites for hydroxylation is 1. The van der Waals surface area contributed by atoms with E-state index in [1.54, 1.807) is 0 Å². The van der Waals surface area contributed by atoms with Crippen LogP contribution in [-0.4, -0.2) is 25.7 Å². The third-order valence-corrected chi connectivity index (χ3v) is 4.82. The van der Waals surface area contributed by atoms with Crippen molar-refractivity contribution < 1.29 is 9.21 Å². The summed E-state index contributed by atoms with van der Waals surface area (Å²) in [5, 5.41) is 11.7. The molecule has 3 heterocycles. The molecule has 0 saturated carbocycles. The first-order valence-corrected chi connectivity index (χ1v) is 9.40. The smallest absolute Gasteiger partial charge is 0.277 e. The molecular weight excluding hydrogens is 342 g/mol.